The number of rotatable bonds is 6. The third-order valence-electron chi connectivity index (χ3n) is 3.17. The Morgan fingerprint density at radius 2 is 1.30 bits per heavy atom. The second-order valence-corrected chi connectivity index (χ2v) is 10.2. The van der Waals surface area contributed by atoms with Crippen molar-refractivity contribution in [1.29, 1.82) is 0 Å². The fraction of sp³-hybridized carbons (Fsp3) is 0.762. The first-order chi connectivity index (χ1) is 14.8. The van der Waals surface area contributed by atoms with E-state index in [0.29, 0.717) is 0 Å². The zero-order valence-electron chi connectivity index (χ0n) is 21.0. The fourth-order valence-corrected chi connectivity index (χ4v) is 2.11. The second-order valence-electron chi connectivity index (χ2n) is 10.2. The summed E-state index contributed by atoms with van der Waals surface area (Å²) in [6.07, 6.45) is -2.32. The highest BCUT2D eigenvalue weighted by Gasteiger charge is 2.24. The summed E-state index contributed by atoms with van der Waals surface area (Å²) in [5, 5.41) is 16.7. The highest BCUT2D eigenvalue weighted by Crippen LogP contribution is 2.09. The Morgan fingerprint density at radius 1 is 0.818 bits per heavy atom. The Hall–Kier alpha value is -3.05. The first-order valence-corrected chi connectivity index (χ1v) is 10.6. The number of nitrogens with zero attached hydrogens (tertiary/aromatic N) is 1. The van der Waals surface area contributed by atoms with Gasteiger partial charge in [-0.3, -0.25) is 5.32 Å². The van der Waals surface area contributed by atoms with Crippen LogP contribution < -0.4 is 16.0 Å². The lowest BCUT2D eigenvalue weighted by molar-refractivity contribution is -0.139. The van der Waals surface area contributed by atoms with Gasteiger partial charge in [-0.15, -0.1) is 4.99 Å². The summed E-state index contributed by atoms with van der Waals surface area (Å²) in [6, 6.07) is -1.19. The van der Waals surface area contributed by atoms with Crippen LogP contribution in [0.25, 0.3) is 0 Å². The molecule has 1 atom stereocenters. The van der Waals surface area contributed by atoms with Gasteiger partial charge < -0.3 is 30.0 Å². The number of guanidine groups is 1. The van der Waals surface area contributed by atoms with Crippen LogP contribution in [0.2, 0.25) is 0 Å². The monoisotopic (exact) mass is 474 g/mol. The smallest absolute Gasteiger partial charge is 0.437 e. The summed E-state index contributed by atoms with van der Waals surface area (Å²) >= 11 is 0. The maximum Gasteiger partial charge on any atom is 0.437 e. The van der Waals surface area contributed by atoms with Gasteiger partial charge in [-0.05, 0) is 75.2 Å². The lowest BCUT2D eigenvalue weighted by Crippen LogP contribution is -2.45. The van der Waals surface area contributed by atoms with E-state index in [1.165, 1.54) is 0 Å². The molecule has 4 N–H and O–H groups in total. The molecule has 0 spiro atoms. The average Bonchev–Trinajstić information content (AvgIpc) is 2.51. The molecule has 0 bridgehead atoms. The molecule has 0 aromatic rings. The van der Waals surface area contributed by atoms with Crippen LogP contribution in [0.5, 0.6) is 0 Å². The van der Waals surface area contributed by atoms with Crippen LogP contribution in [-0.2, 0) is 19.0 Å². The van der Waals surface area contributed by atoms with E-state index in [1.54, 1.807) is 62.3 Å². The number of aliphatic imine (C=N–C) groups is 1. The Morgan fingerprint density at radius 3 is 1.76 bits per heavy atom. The van der Waals surface area contributed by atoms with Gasteiger partial charge in [0, 0.05) is 6.54 Å². The molecule has 12 heteroatoms. The molecule has 0 heterocycles. The molecule has 0 aliphatic rings. The average molecular weight is 475 g/mol. The maximum absolute atomic E-state index is 12.1. The van der Waals surface area contributed by atoms with Crippen LogP contribution in [-0.4, -0.2) is 64.7 Å². The Kier molecular flexibility index (Phi) is 11.1. The van der Waals surface area contributed by atoms with Crippen LogP contribution in [0.15, 0.2) is 4.99 Å². The number of hydrogen-bond acceptors (Lipinski definition) is 7. The number of carbonyl (C=O) groups is 4. The molecular weight excluding hydrogens is 436 g/mol. The van der Waals surface area contributed by atoms with Gasteiger partial charge in [0.05, 0.1) is 0 Å². The zero-order valence-corrected chi connectivity index (χ0v) is 21.0. The molecule has 1 unspecified atom stereocenters. The lowest BCUT2D eigenvalue weighted by Gasteiger charge is -2.22. The number of alkyl carbamates (subject to hydrolysis) is 2. The van der Waals surface area contributed by atoms with Crippen molar-refractivity contribution in [2.75, 3.05) is 6.54 Å². The molecule has 0 rings (SSSR count). The van der Waals surface area contributed by atoms with Gasteiger partial charge in [0.1, 0.15) is 22.8 Å². The highest BCUT2D eigenvalue weighted by molar-refractivity contribution is 5.98. The van der Waals surface area contributed by atoms with E-state index in [2.05, 4.69) is 20.9 Å². The van der Waals surface area contributed by atoms with Gasteiger partial charge in [0.2, 0.25) is 5.96 Å². The Labute approximate surface area is 194 Å². The maximum atomic E-state index is 12.1. The Bertz CT molecular complexity index is 730. The minimum Gasteiger partial charge on any atom is -0.480 e. The van der Waals surface area contributed by atoms with Gasteiger partial charge in [-0.25, -0.2) is 19.2 Å². The van der Waals surface area contributed by atoms with E-state index in [0.717, 1.165) is 0 Å². The topological polar surface area (TPSA) is 165 Å². The van der Waals surface area contributed by atoms with Crippen molar-refractivity contribution in [1.82, 2.24) is 16.0 Å². The molecule has 0 aromatic carbocycles. The molecule has 33 heavy (non-hydrogen) atoms. The molecule has 12 nitrogen and oxygen atoms in total. The van der Waals surface area contributed by atoms with Crippen LogP contribution in [0.4, 0.5) is 14.4 Å². The molecule has 0 aliphatic heterocycles. The van der Waals surface area contributed by atoms with Gasteiger partial charge in [-0.1, -0.05) is 0 Å². The van der Waals surface area contributed by atoms with Crippen molar-refractivity contribution >= 4 is 30.2 Å². The number of amides is 3. The predicted molar refractivity (Wildman–Crippen MR) is 121 cm³/mol. The minimum atomic E-state index is -1.23. The third kappa shape index (κ3) is 17.2. The molecule has 0 fully saturated rings. The highest BCUT2D eigenvalue weighted by atomic mass is 16.6. The Balaban J connectivity index is 5.04. The van der Waals surface area contributed by atoms with Crippen molar-refractivity contribution in [3.05, 3.63) is 0 Å². The van der Waals surface area contributed by atoms with E-state index in [9.17, 15) is 24.3 Å². The number of aliphatic carboxylic acids is 1. The summed E-state index contributed by atoms with van der Waals surface area (Å²) in [7, 11) is 0. The quantitative estimate of drug-likeness (QED) is 0.196. The molecule has 3 amide bonds. The van der Waals surface area contributed by atoms with E-state index < -0.39 is 47.1 Å². The summed E-state index contributed by atoms with van der Waals surface area (Å²) in [6.45, 7) is 15.1. The van der Waals surface area contributed by atoms with Crippen molar-refractivity contribution in [2.45, 2.75) is 98.0 Å². The van der Waals surface area contributed by atoms with Crippen molar-refractivity contribution in [3.63, 3.8) is 0 Å². The summed E-state index contributed by atoms with van der Waals surface area (Å²) < 4.78 is 15.3. The minimum absolute atomic E-state index is 0.0493. The largest absolute Gasteiger partial charge is 0.480 e. The summed E-state index contributed by atoms with van der Waals surface area (Å²) in [4.78, 5) is 51.1. The summed E-state index contributed by atoms with van der Waals surface area (Å²) in [5.74, 6) is -1.44. The van der Waals surface area contributed by atoms with E-state index in [-0.39, 0.29) is 25.3 Å². The number of carbonyl (C=O) groups excluding carboxylic acids is 3. The van der Waals surface area contributed by atoms with Gasteiger partial charge >= 0.3 is 24.2 Å². The van der Waals surface area contributed by atoms with Crippen LogP contribution in [0, 0.1) is 0 Å². The zero-order chi connectivity index (χ0) is 26.0. The first kappa shape index (κ1) is 29.9. The molecule has 0 saturated carbocycles. The molecule has 0 saturated heterocycles. The fourth-order valence-electron chi connectivity index (χ4n) is 2.11. The first-order valence-electron chi connectivity index (χ1n) is 10.6. The van der Waals surface area contributed by atoms with Crippen LogP contribution >= 0.6 is 0 Å². The number of carboxylic acid groups (broad SMARTS) is 1. The molecule has 190 valence electrons. The molecule has 0 aliphatic carbocycles. The van der Waals surface area contributed by atoms with Gasteiger partial charge in [-0.2, -0.15) is 0 Å². The second kappa shape index (κ2) is 12.3. The number of nitrogens with one attached hydrogen (secondary N) is 3. The molecule has 0 radical (unpaired) electrons. The van der Waals surface area contributed by atoms with Crippen LogP contribution in [0.1, 0.15) is 75.2 Å². The number of ether oxygens (including phenoxy) is 3. The lowest BCUT2D eigenvalue weighted by atomic mass is 10.1. The third-order valence-corrected chi connectivity index (χ3v) is 3.17. The normalized spacial score (nSPS) is 13.4. The summed E-state index contributed by atoms with van der Waals surface area (Å²) in [5.41, 5.74) is -2.34. The predicted octanol–water partition coefficient (Wildman–Crippen LogP) is 3.15. The van der Waals surface area contributed by atoms with Crippen molar-refractivity contribution in [3.8, 4) is 0 Å². The van der Waals surface area contributed by atoms with Crippen molar-refractivity contribution in [2.24, 2.45) is 4.99 Å². The van der Waals surface area contributed by atoms with Crippen molar-refractivity contribution < 1.29 is 38.5 Å². The van der Waals surface area contributed by atoms with E-state index in [1.807, 2.05) is 0 Å². The standard InChI is InChI=1S/C21H38N4O8/c1-19(2,3)31-16(28)23-13(14(26)27)11-10-12-22-15(24-17(29)32-20(4,5)6)25-18(30)33-21(7,8)9/h13H,10-12H2,1-9H3,(H,23,28)(H,26,27)(H2,22,24,25,29,30). The van der Waals surface area contributed by atoms with Gasteiger partial charge in [0.15, 0.2) is 0 Å². The molecule has 0 aromatic heterocycles. The number of hydrogen-bond donors (Lipinski definition) is 4. The number of carboxylic acids is 1. The SMILES string of the molecule is CC(C)(C)OC(=O)/N=C(/NCCCC(NC(=O)OC(C)(C)C)C(=O)O)NC(=O)OC(C)(C)C. The van der Waals surface area contributed by atoms with E-state index >= 15 is 0 Å². The molecular formula is C21H38N4O8. The van der Waals surface area contributed by atoms with E-state index in [4.69, 9.17) is 14.2 Å². The van der Waals surface area contributed by atoms with Gasteiger partial charge in [0.25, 0.3) is 0 Å². The van der Waals surface area contributed by atoms with Crippen LogP contribution in [0.3, 0.4) is 0 Å².